The number of esters is 1. The zero-order chi connectivity index (χ0) is 29.4. The predicted octanol–water partition coefficient (Wildman–Crippen LogP) is 5.25. The van der Waals surface area contributed by atoms with Gasteiger partial charge in [-0.3, -0.25) is 4.79 Å². The lowest BCUT2D eigenvalue weighted by Gasteiger charge is -2.28. The molecule has 0 spiro atoms. The first kappa shape index (κ1) is 30.1. The van der Waals surface area contributed by atoms with Gasteiger partial charge in [-0.05, 0) is 76.0 Å². The predicted molar refractivity (Wildman–Crippen MR) is 156 cm³/mol. The third kappa shape index (κ3) is 8.57. The molecule has 0 bridgehead atoms. The first-order valence-corrected chi connectivity index (χ1v) is 14.1. The summed E-state index contributed by atoms with van der Waals surface area (Å²) in [4.78, 5) is 23.7. The lowest BCUT2D eigenvalue weighted by molar-refractivity contribution is -0.160. The fourth-order valence-electron chi connectivity index (χ4n) is 5.20. The molecule has 0 saturated heterocycles. The molecular formula is C32H41N3O6. The molecule has 0 unspecified atom stereocenters. The van der Waals surface area contributed by atoms with E-state index >= 15 is 0 Å². The van der Waals surface area contributed by atoms with E-state index in [2.05, 4.69) is 0 Å². The third-order valence-electron chi connectivity index (χ3n) is 7.05. The summed E-state index contributed by atoms with van der Waals surface area (Å²) in [5.74, 6) is 1.09. The molecule has 1 amide bonds. The van der Waals surface area contributed by atoms with Crippen LogP contribution in [0.2, 0.25) is 0 Å². The fraction of sp³-hybridized carbons (Fsp3) is 0.469. The number of primary amides is 1. The maximum absolute atomic E-state index is 11.9. The van der Waals surface area contributed by atoms with Crippen LogP contribution in [-0.4, -0.2) is 54.2 Å². The zero-order valence-corrected chi connectivity index (χ0v) is 24.4. The molecule has 2 aromatic carbocycles. The van der Waals surface area contributed by atoms with Gasteiger partial charge in [-0.25, -0.2) is 9.48 Å². The minimum absolute atomic E-state index is 0.0274. The van der Waals surface area contributed by atoms with Crippen molar-refractivity contribution in [2.75, 3.05) is 26.9 Å². The Kier molecular flexibility index (Phi) is 10.0. The number of nitrogens with two attached hydrogens (primary N) is 1. The van der Waals surface area contributed by atoms with Gasteiger partial charge in [-0.15, -0.1) is 0 Å². The second kappa shape index (κ2) is 13.7. The van der Waals surface area contributed by atoms with Gasteiger partial charge in [0.25, 0.3) is 5.91 Å². The van der Waals surface area contributed by atoms with Crippen LogP contribution >= 0.6 is 0 Å². The highest BCUT2D eigenvalue weighted by Crippen LogP contribution is 2.41. The summed E-state index contributed by atoms with van der Waals surface area (Å²) in [5, 5.41) is 5.02. The van der Waals surface area contributed by atoms with Gasteiger partial charge >= 0.3 is 5.97 Å². The van der Waals surface area contributed by atoms with Gasteiger partial charge in [0.15, 0.2) is 6.61 Å². The Balaban J connectivity index is 1.52. The van der Waals surface area contributed by atoms with Gasteiger partial charge in [0, 0.05) is 12.1 Å². The van der Waals surface area contributed by atoms with Crippen molar-refractivity contribution in [3.8, 4) is 34.0 Å². The van der Waals surface area contributed by atoms with Gasteiger partial charge in [0.05, 0.1) is 19.3 Å². The number of methoxy groups -OCH3 is 1. The zero-order valence-electron chi connectivity index (χ0n) is 24.4. The number of nitrogens with zero attached hydrogens (tertiary/aromatic N) is 2. The summed E-state index contributed by atoms with van der Waals surface area (Å²) in [6, 6.07) is 17.7. The van der Waals surface area contributed by atoms with Crippen LogP contribution in [0.3, 0.4) is 0 Å². The number of rotatable bonds is 12. The summed E-state index contributed by atoms with van der Waals surface area (Å²) in [5.41, 5.74) is 8.34. The number of hydrogen-bond donors (Lipinski definition) is 1. The molecule has 4 rings (SSSR count). The van der Waals surface area contributed by atoms with E-state index in [1.165, 1.54) is 0 Å². The fourth-order valence-corrected chi connectivity index (χ4v) is 5.20. The van der Waals surface area contributed by atoms with Gasteiger partial charge in [-0.2, -0.15) is 5.10 Å². The van der Waals surface area contributed by atoms with Crippen molar-refractivity contribution in [2.45, 2.75) is 58.6 Å². The molecule has 1 aliphatic rings. The molecule has 1 saturated carbocycles. The molecule has 1 aromatic heterocycles. The van der Waals surface area contributed by atoms with Crippen LogP contribution in [-0.2, 0) is 25.6 Å². The lowest BCUT2D eigenvalue weighted by Crippen LogP contribution is -2.28. The Morgan fingerprint density at radius 2 is 1.63 bits per heavy atom. The Morgan fingerprint density at radius 1 is 0.951 bits per heavy atom. The summed E-state index contributed by atoms with van der Waals surface area (Å²) in [6.07, 6.45) is 3.97. The van der Waals surface area contributed by atoms with E-state index < -0.39 is 11.5 Å². The highest BCUT2D eigenvalue weighted by Gasteiger charge is 2.27. The van der Waals surface area contributed by atoms with E-state index in [1.54, 1.807) is 7.11 Å². The third-order valence-corrected chi connectivity index (χ3v) is 7.05. The highest BCUT2D eigenvalue weighted by molar-refractivity contribution is 5.85. The smallest absolute Gasteiger partial charge is 0.332 e. The van der Waals surface area contributed by atoms with Gasteiger partial charge in [0.1, 0.15) is 23.7 Å². The molecule has 220 valence electrons. The van der Waals surface area contributed by atoms with Crippen molar-refractivity contribution < 1.29 is 28.5 Å². The van der Waals surface area contributed by atoms with Gasteiger partial charge in [0.2, 0.25) is 5.88 Å². The number of amides is 1. The summed E-state index contributed by atoms with van der Waals surface area (Å²) < 4.78 is 24.4. The number of benzene rings is 2. The van der Waals surface area contributed by atoms with E-state index in [0.717, 1.165) is 48.1 Å². The highest BCUT2D eigenvalue weighted by atomic mass is 16.6. The minimum Gasteiger partial charge on any atom is -0.497 e. The average molecular weight is 564 g/mol. The number of carbonyl (C=O) groups excluding carboxylic acids is 2. The molecule has 1 aliphatic carbocycles. The summed E-state index contributed by atoms with van der Waals surface area (Å²) in [7, 11) is 1.63. The second-order valence-corrected chi connectivity index (χ2v) is 11.6. The Hall–Kier alpha value is -3.85. The van der Waals surface area contributed by atoms with Crippen molar-refractivity contribution in [2.24, 2.45) is 17.6 Å². The van der Waals surface area contributed by atoms with Crippen LogP contribution in [0.4, 0.5) is 0 Å². The van der Waals surface area contributed by atoms with E-state index in [-0.39, 0.29) is 19.2 Å². The minimum atomic E-state index is -0.553. The van der Waals surface area contributed by atoms with Crippen LogP contribution in [0.25, 0.3) is 22.4 Å². The van der Waals surface area contributed by atoms with Crippen molar-refractivity contribution >= 4 is 11.9 Å². The average Bonchev–Trinajstić information content (AvgIpc) is 3.30. The van der Waals surface area contributed by atoms with Gasteiger partial charge in [-0.1, -0.05) is 42.5 Å². The van der Waals surface area contributed by atoms with Crippen molar-refractivity contribution in [1.82, 2.24) is 9.78 Å². The molecule has 2 N–H and O–H groups in total. The second-order valence-electron chi connectivity index (χ2n) is 11.6. The number of ether oxygens (including phenoxy) is 4. The van der Waals surface area contributed by atoms with Crippen LogP contribution in [0, 0.1) is 11.8 Å². The molecule has 9 heteroatoms. The largest absolute Gasteiger partial charge is 0.497 e. The molecule has 9 nitrogen and oxygen atoms in total. The number of carbonyl (C=O) groups is 2. The van der Waals surface area contributed by atoms with Gasteiger partial charge < -0.3 is 24.7 Å². The van der Waals surface area contributed by atoms with Crippen LogP contribution in [0.15, 0.2) is 54.6 Å². The quantitative estimate of drug-likeness (QED) is 0.299. The summed E-state index contributed by atoms with van der Waals surface area (Å²) >= 11 is 0. The maximum Gasteiger partial charge on any atom is 0.332 e. The number of aromatic nitrogens is 2. The Morgan fingerprint density at radius 3 is 2.29 bits per heavy atom. The molecule has 41 heavy (non-hydrogen) atoms. The molecule has 1 heterocycles. The van der Waals surface area contributed by atoms with Crippen molar-refractivity contribution in [3.05, 3.63) is 54.6 Å². The van der Waals surface area contributed by atoms with E-state index in [9.17, 15) is 9.59 Å². The monoisotopic (exact) mass is 563 g/mol. The standard InChI is InChI=1S/C32H41N3O6/c1-32(2,3)41-28(37)21-39-19-23-15-13-22(14-16-23)18-35-31(40-20-27(33)36)29(25-11-8-12-26(17-25)38-4)30(34-35)24-9-6-5-7-10-24/h5-12,17,22-23H,13-16,18-21H2,1-4H3,(H2,33,36)/t22-,23-. The van der Waals surface area contributed by atoms with Crippen LogP contribution in [0.5, 0.6) is 11.6 Å². The van der Waals surface area contributed by atoms with Crippen molar-refractivity contribution in [1.29, 1.82) is 0 Å². The molecule has 0 atom stereocenters. The normalized spacial score (nSPS) is 17.2. The SMILES string of the molecule is COc1cccc(-c2c(-c3ccccc3)nn(C[C@H]3CC[C@H](COCC(=O)OC(C)(C)C)CC3)c2OCC(N)=O)c1. The first-order valence-electron chi connectivity index (χ1n) is 14.1. The molecule has 0 radical (unpaired) electrons. The van der Waals surface area contributed by atoms with Crippen molar-refractivity contribution in [3.63, 3.8) is 0 Å². The molecule has 0 aliphatic heterocycles. The van der Waals surface area contributed by atoms with Crippen LogP contribution in [0.1, 0.15) is 46.5 Å². The Bertz CT molecular complexity index is 1310. The topological polar surface area (TPSA) is 115 Å². The van der Waals surface area contributed by atoms with E-state index in [4.69, 9.17) is 29.8 Å². The number of hydrogen-bond acceptors (Lipinski definition) is 7. The lowest BCUT2D eigenvalue weighted by atomic mass is 9.82. The summed E-state index contributed by atoms with van der Waals surface area (Å²) in [6.45, 7) is 6.44. The molecule has 1 fully saturated rings. The maximum atomic E-state index is 11.9. The van der Waals surface area contributed by atoms with E-state index in [0.29, 0.717) is 36.6 Å². The molecular weight excluding hydrogens is 522 g/mol. The van der Waals surface area contributed by atoms with E-state index in [1.807, 2.05) is 80.1 Å². The Labute approximate surface area is 241 Å². The van der Waals surface area contributed by atoms with Crippen LogP contribution < -0.4 is 15.2 Å². The first-order chi connectivity index (χ1) is 19.6. The molecule has 3 aromatic rings.